The molecule has 17 heavy (non-hydrogen) atoms. The number of rotatable bonds is 5. The molecule has 0 amide bonds. The van der Waals surface area contributed by atoms with Gasteiger partial charge in [-0.15, -0.1) is 4.52 Å². The quantitative estimate of drug-likeness (QED) is 0.756. The predicted molar refractivity (Wildman–Crippen MR) is 61.2 cm³/mol. The number of hydrogen-bond acceptors (Lipinski definition) is 5. The molecule has 2 rings (SSSR count). The Morgan fingerprint density at radius 1 is 1.24 bits per heavy atom. The van der Waals surface area contributed by atoms with Crippen molar-refractivity contribution in [3.05, 3.63) is 30.3 Å². The van der Waals surface area contributed by atoms with E-state index in [1.54, 1.807) is 31.4 Å². The number of hydrogen-bond donors (Lipinski definition) is 0. The van der Waals surface area contributed by atoms with E-state index in [1.165, 1.54) is 0 Å². The lowest BCUT2D eigenvalue weighted by molar-refractivity contribution is 0.0320. The van der Waals surface area contributed by atoms with Crippen molar-refractivity contribution in [2.75, 3.05) is 20.3 Å². The summed E-state index contributed by atoms with van der Waals surface area (Å²) in [5, 5.41) is 0. The summed E-state index contributed by atoms with van der Waals surface area (Å²) in [6, 6.07) is 8.89. The van der Waals surface area contributed by atoms with E-state index in [0.717, 1.165) is 0 Å². The maximum absolute atomic E-state index is 11.6. The van der Waals surface area contributed by atoms with Crippen molar-refractivity contribution in [3.8, 4) is 5.75 Å². The second-order valence-electron chi connectivity index (χ2n) is 3.58. The van der Waals surface area contributed by atoms with Crippen LogP contribution in [-0.2, 0) is 18.6 Å². The summed E-state index contributed by atoms with van der Waals surface area (Å²) in [4.78, 5) is 0. The minimum Gasteiger partial charge on any atom is -0.376 e. The molecule has 92 valence electrons. The van der Waals surface area contributed by atoms with Gasteiger partial charge < -0.3 is 9.47 Å². The lowest BCUT2D eigenvalue weighted by Crippen LogP contribution is -2.27. The molecule has 0 aliphatic carbocycles. The van der Waals surface area contributed by atoms with Crippen LogP contribution in [0.2, 0.25) is 0 Å². The smallest absolute Gasteiger partial charge is 0.376 e. The zero-order valence-electron chi connectivity index (χ0n) is 9.44. The van der Waals surface area contributed by atoms with Crippen LogP contribution in [0.4, 0.5) is 0 Å². The third-order valence-corrected chi connectivity index (χ3v) is 3.23. The molecular weight excluding hydrogens is 243 g/mol. The van der Waals surface area contributed by atoms with Gasteiger partial charge in [0.1, 0.15) is 6.10 Å². The Hall–Kier alpha value is -1.00. The summed E-state index contributed by atoms with van der Waals surface area (Å²) in [6.07, 6.45) is -0.527. The summed E-state index contributed by atoms with van der Waals surface area (Å²) in [5.74, 6) is 0.515. The van der Waals surface area contributed by atoms with E-state index >= 15 is 0 Å². The second-order valence-corrected chi connectivity index (χ2v) is 4.42. The van der Waals surface area contributed by atoms with Crippen molar-refractivity contribution >= 4 is 8.25 Å². The third kappa shape index (κ3) is 3.48. The van der Waals surface area contributed by atoms with Gasteiger partial charge in [0.15, 0.2) is 11.9 Å². The van der Waals surface area contributed by atoms with Crippen molar-refractivity contribution in [2.24, 2.45) is 0 Å². The van der Waals surface area contributed by atoms with Gasteiger partial charge in [0.2, 0.25) is 0 Å². The van der Waals surface area contributed by atoms with Gasteiger partial charge in [-0.25, -0.2) is 4.52 Å². The van der Waals surface area contributed by atoms with Crippen LogP contribution in [-0.4, -0.2) is 32.5 Å². The van der Waals surface area contributed by atoms with Gasteiger partial charge in [0.05, 0.1) is 13.2 Å². The Kier molecular flexibility index (Phi) is 4.45. The predicted octanol–water partition coefficient (Wildman–Crippen LogP) is 2.15. The molecule has 0 saturated carbocycles. The first-order valence-electron chi connectivity index (χ1n) is 5.27. The molecule has 1 aromatic carbocycles. The largest absolute Gasteiger partial charge is 0.750 e. The van der Waals surface area contributed by atoms with E-state index in [0.29, 0.717) is 19.0 Å². The van der Waals surface area contributed by atoms with Crippen molar-refractivity contribution in [3.63, 3.8) is 0 Å². The standard InChI is InChI=1S/C11H14O5P/c1-13-10-7-14-8-11(10)16-17(12)15-9-5-3-2-4-6-9/h2-6,10-11H,7-8H2,1H3/q+1. The molecule has 0 N–H and O–H groups in total. The first-order chi connectivity index (χ1) is 8.29. The van der Waals surface area contributed by atoms with Gasteiger partial charge in [-0.2, -0.15) is 0 Å². The molecule has 5 nitrogen and oxygen atoms in total. The van der Waals surface area contributed by atoms with Gasteiger partial charge in [-0.3, -0.25) is 0 Å². The summed E-state index contributed by atoms with van der Waals surface area (Å²) in [5.41, 5.74) is 0. The normalized spacial score (nSPS) is 24.6. The molecule has 6 heteroatoms. The molecule has 0 bridgehead atoms. The Labute approximate surface area is 101 Å². The maximum Gasteiger partial charge on any atom is 0.750 e. The minimum absolute atomic E-state index is 0.187. The molecule has 1 aliphatic heterocycles. The molecule has 1 aromatic rings. The Bertz CT molecular complexity index is 369. The van der Waals surface area contributed by atoms with Gasteiger partial charge in [0, 0.05) is 11.7 Å². The molecule has 1 heterocycles. The third-order valence-electron chi connectivity index (χ3n) is 2.43. The fraction of sp³-hybridized carbons (Fsp3) is 0.455. The molecule has 1 aliphatic rings. The average Bonchev–Trinajstić information content (AvgIpc) is 2.77. The zero-order valence-corrected chi connectivity index (χ0v) is 10.3. The highest BCUT2D eigenvalue weighted by Crippen LogP contribution is 2.31. The van der Waals surface area contributed by atoms with Crippen LogP contribution in [0.1, 0.15) is 0 Å². The summed E-state index contributed by atoms with van der Waals surface area (Å²) >= 11 is 0. The van der Waals surface area contributed by atoms with Crippen LogP contribution in [0, 0.1) is 0 Å². The van der Waals surface area contributed by atoms with Crippen LogP contribution < -0.4 is 4.52 Å². The van der Waals surface area contributed by atoms with Crippen molar-refractivity contribution in [1.82, 2.24) is 0 Å². The first-order valence-corrected chi connectivity index (χ1v) is 6.36. The number of methoxy groups -OCH3 is 1. The van der Waals surface area contributed by atoms with E-state index in [9.17, 15) is 4.57 Å². The Balaban J connectivity index is 1.85. The van der Waals surface area contributed by atoms with Crippen molar-refractivity contribution in [2.45, 2.75) is 12.2 Å². The Morgan fingerprint density at radius 3 is 2.65 bits per heavy atom. The molecular formula is C11H14O5P+. The monoisotopic (exact) mass is 257 g/mol. The topological polar surface area (TPSA) is 54.0 Å². The van der Waals surface area contributed by atoms with E-state index in [2.05, 4.69) is 0 Å². The summed E-state index contributed by atoms with van der Waals surface area (Å²) in [7, 11) is -0.640. The highest BCUT2D eigenvalue weighted by Gasteiger charge is 2.38. The Morgan fingerprint density at radius 2 is 1.94 bits per heavy atom. The van der Waals surface area contributed by atoms with Crippen LogP contribution in [0.3, 0.4) is 0 Å². The average molecular weight is 257 g/mol. The summed E-state index contributed by atoms with van der Waals surface area (Å²) < 4.78 is 32.3. The van der Waals surface area contributed by atoms with Gasteiger partial charge in [0.25, 0.3) is 0 Å². The molecule has 0 radical (unpaired) electrons. The summed E-state index contributed by atoms with van der Waals surface area (Å²) in [6.45, 7) is 0.827. The molecule has 0 spiro atoms. The first kappa shape index (κ1) is 12.5. The van der Waals surface area contributed by atoms with Crippen LogP contribution in [0.15, 0.2) is 30.3 Å². The molecule has 1 saturated heterocycles. The number of para-hydroxylation sites is 1. The maximum atomic E-state index is 11.6. The highest BCUT2D eigenvalue weighted by molar-refractivity contribution is 7.33. The van der Waals surface area contributed by atoms with Gasteiger partial charge >= 0.3 is 8.25 Å². The molecule has 3 unspecified atom stereocenters. The van der Waals surface area contributed by atoms with E-state index < -0.39 is 8.25 Å². The van der Waals surface area contributed by atoms with Crippen molar-refractivity contribution in [1.29, 1.82) is 0 Å². The lowest BCUT2D eigenvalue weighted by atomic mass is 10.3. The number of ether oxygens (including phenoxy) is 2. The zero-order chi connectivity index (χ0) is 12.1. The van der Waals surface area contributed by atoms with Gasteiger partial charge in [-0.1, -0.05) is 18.2 Å². The minimum atomic E-state index is -2.21. The van der Waals surface area contributed by atoms with E-state index in [1.807, 2.05) is 6.07 Å². The highest BCUT2D eigenvalue weighted by atomic mass is 31.1. The molecule has 1 fully saturated rings. The van der Waals surface area contributed by atoms with Crippen LogP contribution in [0.5, 0.6) is 5.75 Å². The fourth-order valence-electron chi connectivity index (χ4n) is 1.53. The lowest BCUT2D eigenvalue weighted by Gasteiger charge is -2.08. The van der Waals surface area contributed by atoms with Crippen LogP contribution >= 0.6 is 8.25 Å². The molecule has 3 atom stereocenters. The second kappa shape index (κ2) is 6.07. The molecule has 0 aromatic heterocycles. The fourth-order valence-corrected chi connectivity index (χ4v) is 2.29. The van der Waals surface area contributed by atoms with Crippen molar-refractivity contribution < 1.29 is 23.1 Å². The van der Waals surface area contributed by atoms with Gasteiger partial charge in [-0.05, 0) is 12.1 Å². The number of benzene rings is 1. The SMILES string of the molecule is COC1COCC1O[P+](=O)Oc1ccccc1. The van der Waals surface area contributed by atoms with E-state index in [-0.39, 0.29) is 12.2 Å². The van der Waals surface area contributed by atoms with Crippen LogP contribution in [0.25, 0.3) is 0 Å². The van der Waals surface area contributed by atoms with E-state index in [4.69, 9.17) is 18.5 Å².